The molecule has 2 rings (SSSR count). The lowest BCUT2D eigenvalue weighted by molar-refractivity contribution is -0.0806. The number of phenols is 1. The Hall–Kier alpha value is -1.30. The van der Waals surface area contributed by atoms with Gasteiger partial charge in [0.15, 0.2) is 0 Å². The monoisotopic (exact) mass is 252 g/mol. The Kier molecular flexibility index (Phi) is 4.06. The summed E-state index contributed by atoms with van der Waals surface area (Å²) in [5, 5.41) is 19.0. The summed E-state index contributed by atoms with van der Waals surface area (Å²) < 4.78 is 5.48. The lowest BCUT2D eigenvalue weighted by atomic mass is 10.1. The van der Waals surface area contributed by atoms with E-state index in [1.54, 1.807) is 18.2 Å². The first-order valence-electron chi connectivity index (χ1n) is 6.14. The Bertz CT molecular complexity index is 411. The molecule has 0 amide bonds. The van der Waals surface area contributed by atoms with Crippen LogP contribution in [0, 0.1) is 0 Å². The molecule has 0 radical (unpaired) electrons. The van der Waals surface area contributed by atoms with Crippen LogP contribution < -0.4 is 5.73 Å². The number of hydrogen-bond acceptors (Lipinski definition) is 5. The van der Waals surface area contributed by atoms with Crippen LogP contribution in [0.4, 0.5) is 5.69 Å². The van der Waals surface area contributed by atoms with Gasteiger partial charge in [-0.2, -0.15) is 0 Å². The van der Waals surface area contributed by atoms with Gasteiger partial charge < -0.3 is 20.7 Å². The number of nitrogen functional groups attached to an aromatic ring is 1. The number of aliphatic hydroxyl groups is 1. The smallest absolute Gasteiger partial charge is 0.120 e. The van der Waals surface area contributed by atoms with E-state index in [-0.39, 0.29) is 24.5 Å². The van der Waals surface area contributed by atoms with Crippen molar-refractivity contribution in [1.29, 1.82) is 0 Å². The van der Waals surface area contributed by atoms with Gasteiger partial charge in [-0.3, -0.25) is 4.90 Å². The summed E-state index contributed by atoms with van der Waals surface area (Å²) in [6.45, 7) is 3.95. The normalized spacial score (nSPS) is 25.2. The van der Waals surface area contributed by atoms with Crippen LogP contribution in [0.1, 0.15) is 12.5 Å². The zero-order valence-electron chi connectivity index (χ0n) is 10.5. The first kappa shape index (κ1) is 13.1. The van der Waals surface area contributed by atoms with Gasteiger partial charge in [-0.05, 0) is 25.1 Å². The molecule has 0 spiro atoms. The van der Waals surface area contributed by atoms with Gasteiger partial charge in [-0.25, -0.2) is 0 Å². The van der Waals surface area contributed by atoms with Gasteiger partial charge >= 0.3 is 0 Å². The summed E-state index contributed by atoms with van der Waals surface area (Å²) in [7, 11) is 0. The molecular formula is C13H20N2O3. The summed E-state index contributed by atoms with van der Waals surface area (Å²) >= 11 is 0. The number of nitrogens with two attached hydrogens (primary N) is 1. The largest absolute Gasteiger partial charge is 0.508 e. The number of ether oxygens (including phenoxy) is 1. The molecule has 0 aliphatic carbocycles. The molecule has 1 saturated heterocycles. The average molecular weight is 252 g/mol. The lowest BCUT2D eigenvalue weighted by Gasteiger charge is -2.37. The third-order valence-corrected chi connectivity index (χ3v) is 3.32. The Morgan fingerprint density at radius 3 is 3.00 bits per heavy atom. The number of benzene rings is 1. The van der Waals surface area contributed by atoms with Gasteiger partial charge in [0.05, 0.1) is 19.3 Å². The number of anilines is 1. The molecule has 2 unspecified atom stereocenters. The van der Waals surface area contributed by atoms with Gasteiger partial charge in [-0.1, -0.05) is 0 Å². The molecular weight excluding hydrogens is 232 g/mol. The minimum absolute atomic E-state index is 0.0200. The predicted molar refractivity (Wildman–Crippen MR) is 69.2 cm³/mol. The van der Waals surface area contributed by atoms with E-state index >= 15 is 0 Å². The van der Waals surface area contributed by atoms with Crippen LogP contribution in [0.2, 0.25) is 0 Å². The van der Waals surface area contributed by atoms with E-state index in [0.717, 1.165) is 5.56 Å². The predicted octanol–water partition coefficient (Wildman–Crippen LogP) is 0.556. The van der Waals surface area contributed by atoms with Crippen molar-refractivity contribution in [2.45, 2.75) is 25.6 Å². The molecule has 0 aromatic heterocycles. The fourth-order valence-electron chi connectivity index (χ4n) is 2.16. The highest BCUT2D eigenvalue weighted by Crippen LogP contribution is 2.23. The Balaban J connectivity index is 2.09. The van der Waals surface area contributed by atoms with Crippen LogP contribution in [-0.2, 0) is 11.3 Å². The van der Waals surface area contributed by atoms with E-state index < -0.39 is 0 Å². The molecule has 5 heteroatoms. The average Bonchev–Trinajstić information content (AvgIpc) is 2.36. The molecule has 0 bridgehead atoms. The fraction of sp³-hybridized carbons (Fsp3) is 0.538. The van der Waals surface area contributed by atoms with Crippen LogP contribution in [-0.4, -0.2) is 47.0 Å². The van der Waals surface area contributed by atoms with E-state index in [4.69, 9.17) is 15.6 Å². The van der Waals surface area contributed by atoms with Crippen molar-refractivity contribution in [3.8, 4) is 5.75 Å². The van der Waals surface area contributed by atoms with Crippen molar-refractivity contribution in [2.24, 2.45) is 0 Å². The second-order valence-corrected chi connectivity index (χ2v) is 4.80. The second kappa shape index (κ2) is 5.56. The number of hydrogen-bond donors (Lipinski definition) is 3. The molecule has 1 aliphatic rings. The second-order valence-electron chi connectivity index (χ2n) is 4.80. The summed E-state index contributed by atoms with van der Waals surface area (Å²) in [6.07, 6.45) is -0.149. The van der Waals surface area contributed by atoms with Gasteiger partial charge in [0.1, 0.15) is 5.75 Å². The maximum absolute atomic E-state index is 9.81. The maximum atomic E-state index is 9.81. The third kappa shape index (κ3) is 2.93. The number of aromatic hydroxyl groups is 1. The van der Waals surface area contributed by atoms with Crippen LogP contribution in [0.3, 0.4) is 0 Å². The van der Waals surface area contributed by atoms with Gasteiger partial charge in [-0.15, -0.1) is 0 Å². The maximum Gasteiger partial charge on any atom is 0.120 e. The van der Waals surface area contributed by atoms with E-state index in [9.17, 15) is 5.11 Å². The molecule has 0 saturated carbocycles. The molecule has 18 heavy (non-hydrogen) atoms. The zero-order chi connectivity index (χ0) is 13.1. The van der Waals surface area contributed by atoms with Gasteiger partial charge in [0.2, 0.25) is 0 Å². The first-order chi connectivity index (χ1) is 8.60. The Morgan fingerprint density at radius 1 is 1.50 bits per heavy atom. The molecule has 1 heterocycles. The molecule has 100 valence electrons. The quantitative estimate of drug-likeness (QED) is 0.541. The number of morpholine rings is 1. The van der Waals surface area contributed by atoms with Gasteiger partial charge in [0, 0.05) is 30.4 Å². The molecule has 1 fully saturated rings. The molecule has 5 nitrogen and oxygen atoms in total. The lowest BCUT2D eigenvalue weighted by Crippen LogP contribution is -2.48. The highest BCUT2D eigenvalue weighted by Gasteiger charge is 2.26. The molecule has 4 N–H and O–H groups in total. The fourth-order valence-corrected chi connectivity index (χ4v) is 2.16. The minimum Gasteiger partial charge on any atom is -0.508 e. The number of aliphatic hydroxyl groups excluding tert-OH is 1. The highest BCUT2D eigenvalue weighted by atomic mass is 16.5. The summed E-state index contributed by atoms with van der Waals surface area (Å²) in [4.78, 5) is 2.18. The van der Waals surface area contributed by atoms with Crippen LogP contribution in [0.25, 0.3) is 0 Å². The van der Waals surface area contributed by atoms with Crippen molar-refractivity contribution in [3.05, 3.63) is 23.8 Å². The van der Waals surface area contributed by atoms with Crippen LogP contribution >= 0.6 is 0 Å². The van der Waals surface area contributed by atoms with E-state index in [2.05, 4.69) is 11.8 Å². The Labute approximate surface area is 107 Å². The minimum atomic E-state index is -0.149. The third-order valence-electron chi connectivity index (χ3n) is 3.32. The molecule has 2 atom stereocenters. The number of nitrogens with zero attached hydrogens (tertiary/aromatic N) is 1. The van der Waals surface area contributed by atoms with Crippen LogP contribution in [0.15, 0.2) is 18.2 Å². The van der Waals surface area contributed by atoms with E-state index in [1.807, 2.05) is 0 Å². The molecule has 1 aromatic carbocycles. The SMILES string of the molecule is CC1COC(CO)CN1Cc1cc(N)ccc1O. The van der Waals surface area contributed by atoms with E-state index in [0.29, 0.717) is 25.4 Å². The van der Waals surface area contributed by atoms with Crippen molar-refractivity contribution in [2.75, 3.05) is 25.5 Å². The van der Waals surface area contributed by atoms with Crippen molar-refractivity contribution in [1.82, 2.24) is 4.90 Å². The van der Waals surface area contributed by atoms with Gasteiger partial charge in [0.25, 0.3) is 0 Å². The van der Waals surface area contributed by atoms with Crippen molar-refractivity contribution < 1.29 is 14.9 Å². The number of phenolic OH excluding ortho intramolecular Hbond substituents is 1. The van der Waals surface area contributed by atoms with Crippen molar-refractivity contribution in [3.63, 3.8) is 0 Å². The highest BCUT2D eigenvalue weighted by molar-refractivity contribution is 5.47. The standard InChI is InChI=1S/C13H20N2O3/c1-9-8-18-12(7-16)6-15(9)5-10-4-11(14)2-3-13(10)17/h2-4,9,12,16-17H,5-8,14H2,1H3. The molecule has 1 aliphatic heterocycles. The Morgan fingerprint density at radius 2 is 2.28 bits per heavy atom. The summed E-state index contributed by atoms with van der Waals surface area (Å²) in [5.41, 5.74) is 7.17. The number of rotatable bonds is 3. The summed E-state index contributed by atoms with van der Waals surface area (Å²) in [5.74, 6) is 0.253. The summed E-state index contributed by atoms with van der Waals surface area (Å²) in [6, 6.07) is 5.33. The molecule has 1 aromatic rings. The van der Waals surface area contributed by atoms with Crippen molar-refractivity contribution >= 4 is 5.69 Å². The zero-order valence-corrected chi connectivity index (χ0v) is 10.5. The van der Waals surface area contributed by atoms with Crippen LogP contribution in [0.5, 0.6) is 5.75 Å². The topological polar surface area (TPSA) is 79.0 Å². The first-order valence-corrected chi connectivity index (χ1v) is 6.14. The van der Waals surface area contributed by atoms with E-state index in [1.165, 1.54) is 0 Å².